The summed E-state index contributed by atoms with van der Waals surface area (Å²) < 4.78 is 0. The second kappa shape index (κ2) is 7.03. The summed E-state index contributed by atoms with van der Waals surface area (Å²) in [5, 5.41) is 12.9. The van der Waals surface area contributed by atoms with Crippen LogP contribution in [0.2, 0.25) is 0 Å². The number of benzene rings is 2. The molecule has 7 nitrogen and oxygen atoms in total. The van der Waals surface area contributed by atoms with Gasteiger partial charge in [0.25, 0.3) is 0 Å². The van der Waals surface area contributed by atoms with Gasteiger partial charge in [0.15, 0.2) is 5.82 Å². The summed E-state index contributed by atoms with van der Waals surface area (Å²) in [5.41, 5.74) is 2.85. The fourth-order valence-corrected chi connectivity index (χ4v) is 3.23. The number of rotatable bonds is 4. The van der Waals surface area contributed by atoms with Crippen LogP contribution in [0, 0.1) is 0 Å². The Morgan fingerprint density at radius 2 is 1.96 bits per heavy atom. The van der Waals surface area contributed by atoms with E-state index in [4.69, 9.17) is 0 Å². The molecular formula is C20H19N5O2. The van der Waals surface area contributed by atoms with Gasteiger partial charge in [0.1, 0.15) is 5.82 Å². The van der Waals surface area contributed by atoms with Crippen molar-refractivity contribution in [1.29, 1.82) is 0 Å². The van der Waals surface area contributed by atoms with Gasteiger partial charge in [-0.05, 0) is 23.8 Å². The van der Waals surface area contributed by atoms with E-state index in [0.717, 1.165) is 23.4 Å². The Morgan fingerprint density at radius 1 is 1.19 bits per heavy atom. The van der Waals surface area contributed by atoms with Crippen LogP contribution in [0.25, 0.3) is 11.4 Å². The molecule has 27 heavy (non-hydrogen) atoms. The molecule has 0 saturated heterocycles. The number of H-pyrrole nitrogens is 1. The first-order valence-corrected chi connectivity index (χ1v) is 8.86. The summed E-state index contributed by atoms with van der Waals surface area (Å²) >= 11 is 0. The Hall–Kier alpha value is -3.48. The quantitative estimate of drug-likeness (QED) is 0.665. The number of aromatic nitrogens is 3. The number of aryl methyl sites for hydroxylation is 1. The highest BCUT2D eigenvalue weighted by molar-refractivity contribution is 6.06. The van der Waals surface area contributed by atoms with E-state index in [1.54, 1.807) is 6.07 Å². The van der Waals surface area contributed by atoms with Crippen molar-refractivity contribution in [3.8, 4) is 11.4 Å². The van der Waals surface area contributed by atoms with Crippen LogP contribution >= 0.6 is 0 Å². The van der Waals surface area contributed by atoms with Gasteiger partial charge in [0.2, 0.25) is 11.8 Å². The summed E-state index contributed by atoms with van der Waals surface area (Å²) in [6.45, 7) is 1.99. The zero-order valence-corrected chi connectivity index (χ0v) is 14.8. The molecule has 2 aromatic carbocycles. The highest BCUT2D eigenvalue weighted by Gasteiger charge is 2.30. The number of carbonyl (C=O) groups excluding carboxylic acids is 2. The number of hydrogen-bond donors (Lipinski definition) is 3. The summed E-state index contributed by atoms with van der Waals surface area (Å²) in [4.78, 5) is 29.4. The average molecular weight is 361 g/mol. The summed E-state index contributed by atoms with van der Waals surface area (Å²) in [6.07, 6.45) is 0.862. The fraction of sp³-hybridized carbons (Fsp3) is 0.200. The minimum Gasteiger partial charge on any atom is -0.326 e. The molecule has 7 heteroatoms. The maximum atomic E-state index is 13.0. The standard InChI is InChI=1S/C20H19N5O2/c1-2-17-23-19(25-24-17)13-8-4-6-10-16(13)22-20(27)14-11-18(26)21-15-9-5-3-7-12(14)15/h3-10,14H,2,11H2,1H3,(H,21,26)(H,22,27)(H,23,24,25). The molecule has 1 unspecified atom stereocenters. The number of fused-ring (bicyclic) bond motifs is 1. The van der Waals surface area contributed by atoms with Crippen molar-refractivity contribution in [3.05, 3.63) is 59.9 Å². The van der Waals surface area contributed by atoms with E-state index in [-0.39, 0.29) is 18.2 Å². The number of nitrogens with one attached hydrogen (secondary N) is 3. The van der Waals surface area contributed by atoms with Gasteiger partial charge in [0.05, 0.1) is 11.6 Å². The molecular weight excluding hydrogens is 342 g/mol. The molecule has 1 aromatic heterocycles. The summed E-state index contributed by atoms with van der Waals surface area (Å²) in [6, 6.07) is 14.8. The van der Waals surface area contributed by atoms with Crippen LogP contribution < -0.4 is 10.6 Å². The summed E-state index contributed by atoms with van der Waals surface area (Å²) in [7, 11) is 0. The van der Waals surface area contributed by atoms with Crippen LogP contribution in [0.1, 0.15) is 30.7 Å². The number of nitrogens with zero attached hydrogens (tertiary/aromatic N) is 2. The number of para-hydroxylation sites is 2. The van der Waals surface area contributed by atoms with E-state index in [2.05, 4.69) is 25.8 Å². The number of carbonyl (C=O) groups is 2. The number of hydrogen-bond acceptors (Lipinski definition) is 4. The lowest BCUT2D eigenvalue weighted by Crippen LogP contribution is -2.30. The third-order valence-electron chi connectivity index (χ3n) is 4.61. The summed E-state index contributed by atoms with van der Waals surface area (Å²) in [5.74, 6) is 0.384. The fourth-order valence-electron chi connectivity index (χ4n) is 3.23. The average Bonchev–Trinajstić information content (AvgIpc) is 3.16. The second-order valence-corrected chi connectivity index (χ2v) is 6.39. The zero-order valence-electron chi connectivity index (χ0n) is 14.8. The first-order chi connectivity index (χ1) is 13.2. The Labute approximate surface area is 156 Å². The van der Waals surface area contributed by atoms with Crippen molar-refractivity contribution in [1.82, 2.24) is 15.2 Å². The van der Waals surface area contributed by atoms with Gasteiger partial charge in [-0.2, -0.15) is 5.10 Å². The van der Waals surface area contributed by atoms with Crippen LogP contribution in [0.4, 0.5) is 11.4 Å². The molecule has 0 spiro atoms. The van der Waals surface area contributed by atoms with Gasteiger partial charge in [-0.1, -0.05) is 37.3 Å². The smallest absolute Gasteiger partial charge is 0.232 e. The lowest BCUT2D eigenvalue weighted by Gasteiger charge is -2.25. The van der Waals surface area contributed by atoms with E-state index in [1.807, 2.05) is 49.4 Å². The van der Waals surface area contributed by atoms with Crippen molar-refractivity contribution in [3.63, 3.8) is 0 Å². The molecule has 1 atom stereocenters. The highest BCUT2D eigenvalue weighted by Crippen LogP contribution is 2.34. The second-order valence-electron chi connectivity index (χ2n) is 6.39. The van der Waals surface area contributed by atoms with Gasteiger partial charge in [-0.25, -0.2) is 4.98 Å². The van der Waals surface area contributed by atoms with E-state index < -0.39 is 5.92 Å². The predicted molar refractivity (Wildman–Crippen MR) is 102 cm³/mol. The highest BCUT2D eigenvalue weighted by atomic mass is 16.2. The van der Waals surface area contributed by atoms with E-state index in [1.165, 1.54) is 0 Å². The van der Waals surface area contributed by atoms with Gasteiger partial charge in [-0.15, -0.1) is 0 Å². The number of anilines is 2. The van der Waals surface area contributed by atoms with Crippen LogP contribution in [-0.2, 0) is 16.0 Å². The Morgan fingerprint density at radius 3 is 2.78 bits per heavy atom. The molecule has 0 aliphatic carbocycles. The Bertz CT molecular complexity index is 1010. The van der Waals surface area contributed by atoms with Crippen molar-refractivity contribution in [2.45, 2.75) is 25.7 Å². The molecule has 0 saturated carbocycles. The molecule has 0 radical (unpaired) electrons. The molecule has 4 rings (SSSR count). The zero-order chi connectivity index (χ0) is 18.8. The van der Waals surface area contributed by atoms with Crippen LogP contribution in [0.3, 0.4) is 0 Å². The van der Waals surface area contributed by atoms with Crippen molar-refractivity contribution >= 4 is 23.2 Å². The Kier molecular flexibility index (Phi) is 4.42. The van der Waals surface area contributed by atoms with Crippen molar-refractivity contribution in [2.24, 2.45) is 0 Å². The van der Waals surface area contributed by atoms with Gasteiger partial charge in [0, 0.05) is 24.1 Å². The Balaban J connectivity index is 1.64. The lowest BCUT2D eigenvalue weighted by molar-refractivity contribution is -0.123. The van der Waals surface area contributed by atoms with Crippen molar-refractivity contribution < 1.29 is 9.59 Å². The molecule has 0 fully saturated rings. The largest absolute Gasteiger partial charge is 0.326 e. The molecule has 136 valence electrons. The number of amides is 2. The minimum absolute atomic E-state index is 0.117. The topological polar surface area (TPSA) is 99.8 Å². The van der Waals surface area contributed by atoms with Crippen LogP contribution in [-0.4, -0.2) is 27.0 Å². The SMILES string of the molecule is CCc1nc(-c2ccccc2NC(=O)C2CC(=O)Nc3ccccc32)n[nH]1. The van der Waals surface area contributed by atoms with Gasteiger partial charge < -0.3 is 10.6 Å². The number of aromatic amines is 1. The molecule has 0 bridgehead atoms. The maximum Gasteiger partial charge on any atom is 0.232 e. The lowest BCUT2D eigenvalue weighted by atomic mass is 9.89. The third kappa shape index (κ3) is 3.31. The van der Waals surface area contributed by atoms with Crippen LogP contribution in [0.5, 0.6) is 0 Å². The molecule has 2 amide bonds. The monoisotopic (exact) mass is 361 g/mol. The molecule has 3 aromatic rings. The van der Waals surface area contributed by atoms with E-state index >= 15 is 0 Å². The first-order valence-electron chi connectivity index (χ1n) is 8.86. The molecule has 3 N–H and O–H groups in total. The van der Waals surface area contributed by atoms with E-state index in [9.17, 15) is 9.59 Å². The third-order valence-corrected chi connectivity index (χ3v) is 4.61. The first kappa shape index (κ1) is 17.0. The normalized spacial score (nSPS) is 15.7. The van der Waals surface area contributed by atoms with E-state index in [0.29, 0.717) is 17.2 Å². The van der Waals surface area contributed by atoms with Crippen LogP contribution in [0.15, 0.2) is 48.5 Å². The predicted octanol–water partition coefficient (Wildman–Crippen LogP) is 3.10. The van der Waals surface area contributed by atoms with Gasteiger partial charge in [-0.3, -0.25) is 14.7 Å². The molecule has 1 aliphatic heterocycles. The molecule has 1 aliphatic rings. The van der Waals surface area contributed by atoms with Crippen molar-refractivity contribution in [2.75, 3.05) is 10.6 Å². The molecule has 2 heterocycles. The van der Waals surface area contributed by atoms with Gasteiger partial charge >= 0.3 is 0 Å². The minimum atomic E-state index is -0.540. The maximum absolute atomic E-state index is 13.0.